The molecule has 5 heteroatoms. The predicted molar refractivity (Wildman–Crippen MR) is 76.7 cm³/mol. The summed E-state index contributed by atoms with van der Waals surface area (Å²) in [6.45, 7) is 10.3. The van der Waals surface area contributed by atoms with Gasteiger partial charge in [-0.15, -0.1) is 0 Å². The first-order valence-corrected chi connectivity index (χ1v) is 6.95. The topological polar surface area (TPSA) is 56.3 Å². The van der Waals surface area contributed by atoms with E-state index in [4.69, 9.17) is 9.47 Å². The standard InChI is InChI=1S/C14H25N3O2/c1-5-18-14-12(4)13(16-10-17-14)15-8-6-7-9-19-11(2)3/h10-11H,5-9H2,1-4H3,(H,15,16,17). The van der Waals surface area contributed by atoms with Crippen molar-refractivity contribution in [1.29, 1.82) is 0 Å². The third-order valence-corrected chi connectivity index (χ3v) is 2.63. The molecule has 1 aromatic rings. The molecule has 0 radical (unpaired) electrons. The Bertz CT molecular complexity index is 370. The number of rotatable bonds is 9. The van der Waals surface area contributed by atoms with Crippen molar-refractivity contribution in [3.05, 3.63) is 11.9 Å². The molecule has 0 aliphatic carbocycles. The van der Waals surface area contributed by atoms with Crippen molar-refractivity contribution in [3.63, 3.8) is 0 Å². The molecule has 0 spiro atoms. The van der Waals surface area contributed by atoms with Gasteiger partial charge in [0.1, 0.15) is 12.1 Å². The van der Waals surface area contributed by atoms with Crippen molar-refractivity contribution < 1.29 is 9.47 Å². The summed E-state index contributed by atoms with van der Waals surface area (Å²) in [5.41, 5.74) is 0.961. The van der Waals surface area contributed by atoms with Crippen LogP contribution in [0.3, 0.4) is 0 Å². The fourth-order valence-corrected chi connectivity index (χ4v) is 1.65. The van der Waals surface area contributed by atoms with Crippen molar-refractivity contribution in [2.24, 2.45) is 0 Å². The lowest BCUT2D eigenvalue weighted by atomic mass is 10.3. The van der Waals surface area contributed by atoms with Crippen LogP contribution in [0.15, 0.2) is 6.33 Å². The average molecular weight is 267 g/mol. The lowest BCUT2D eigenvalue weighted by molar-refractivity contribution is 0.0765. The van der Waals surface area contributed by atoms with Crippen molar-refractivity contribution in [3.8, 4) is 5.88 Å². The molecule has 0 aromatic carbocycles. The highest BCUT2D eigenvalue weighted by molar-refractivity contribution is 5.47. The monoisotopic (exact) mass is 267 g/mol. The fourth-order valence-electron chi connectivity index (χ4n) is 1.65. The van der Waals surface area contributed by atoms with E-state index >= 15 is 0 Å². The molecule has 0 unspecified atom stereocenters. The Labute approximate surface area is 115 Å². The summed E-state index contributed by atoms with van der Waals surface area (Å²) in [6, 6.07) is 0. The Kier molecular flexibility index (Phi) is 7.18. The Morgan fingerprint density at radius 1 is 1.26 bits per heavy atom. The van der Waals surface area contributed by atoms with Gasteiger partial charge in [0.05, 0.1) is 18.3 Å². The van der Waals surface area contributed by atoms with Crippen molar-refractivity contribution in [1.82, 2.24) is 9.97 Å². The smallest absolute Gasteiger partial charge is 0.221 e. The summed E-state index contributed by atoms with van der Waals surface area (Å²) in [5, 5.41) is 3.31. The van der Waals surface area contributed by atoms with Crippen LogP contribution in [0.25, 0.3) is 0 Å². The minimum Gasteiger partial charge on any atom is -0.478 e. The van der Waals surface area contributed by atoms with Crippen LogP contribution in [0, 0.1) is 6.92 Å². The predicted octanol–water partition coefficient (Wildman–Crippen LogP) is 2.80. The molecule has 0 aliphatic rings. The molecule has 0 atom stereocenters. The third-order valence-electron chi connectivity index (χ3n) is 2.63. The largest absolute Gasteiger partial charge is 0.478 e. The van der Waals surface area contributed by atoms with Gasteiger partial charge in [-0.3, -0.25) is 0 Å². The van der Waals surface area contributed by atoms with Gasteiger partial charge >= 0.3 is 0 Å². The minimum atomic E-state index is 0.311. The maximum atomic E-state index is 5.50. The van der Waals surface area contributed by atoms with E-state index in [1.165, 1.54) is 6.33 Å². The molecule has 0 aliphatic heterocycles. The summed E-state index contributed by atoms with van der Waals surface area (Å²) in [6.07, 6.45) is 3.95. The molecule has 5 nitrogen and oxygen atoms in total. The first-order valence-electron chi connectivity index (χ1n) is 6.95. The molecule has 1 aromatic heterocycles. The minimum absolute atomic E-state index is 0.311. The van der Waals surface area contributed by atoms with Gasteiger partial charge in [0.25, 0.3) is 0 Å². The highest BCUT2D eigenvalue weighted by Gasteiger charge is 2.06. The van der Waals surface area contributed by atoms with Crippen LogP contribution in [0.5, 0.6) is 5.88 Å². The van der Waals surface area contributed by atoms with E-state index in [1.807, 2.05) is 13.8 Å². The van der Waals surface area contributed by atoms with E-state index in [0.717, 1.165) is 37.4 Å². The summed E-state index contributed by atoms with van der Waals surface area (Å²) in [5.74, 6) is 1.51. The van der Waals surface area contributed by atoms with Crippen LogP contribution in [0.4, 0.5) is 5.82 Å². The van der Waals surface area contributed by atoms with Crippen LogP contribution in [-0.2, 0) is 4.74 Å². The van der Waals surface area contributed by atoms with Crippen LogP contribution >= 0.6 is 0 Å². The van der Waals surface area contributed by atoms with Crippen molar-refractivity contribution in [2.75, 3.05) is 25.1 Å². The number of hydrogen-bond donors (Lipinski definition) is 1. The molecule has 0 saturated carbocycles. The molecule has 0 fully saturated rings. The number of nitrogens with zero attached hydrogens (tertiary/aromatic N) is 2. The van der Waals surface area contributed by atoms with Gasteiger partial charge in [-0.2, -0.15) is 0 Å². The highest BCUT2D eigenvalue weighted by atomic mass is 16.5. The van der Waals surface area contributed by atoms with E-state index in [2.05, 4.69) is 29.1 Å². The normalized spacial score (nSPS) is 10.8. The van der Waals surface area contributed by atoms with Crippen LogP contribution in [0.2, 0.25) is 0 Å². The second kappa shape index (κ2) is 8.69. The van der Waals surface area contributed by atoms with Gasteiger partial charge in [0.15, 0.2) is 0 Å². The number of nitrogens with one attached hydrogen (secondary N) is 1. The zero-order valence-electron chi connectivity index (χ0n) is 12.4. The van der Waals surface area contributed by atoms with E-state index in [-0.39, 0.29) is 0 Å². The number of hydrogen-bond acceptors (Lipinski definition) is 5. The molecule has 1 heterocycles. The SMILES string of the molecule is CCOc1ncnc(NCCCCOC(C)C)c1C. The first kappa shape index (κ1) is 15.7. The van der Waals surface area contributed by atoms with Crippen molar-refractivity contribution >= 4 is 5.82 Å². The fraction of sp³-hybridized carbons (Fsp3) is 0.714. The van der Waals surface area contributed by atoms with Crippen molar-refractivity contribution in [2.45, 2.75) is 46.6 Å². The van der Waals surface area contributed by atoms with E-state index in [9.17, 15) is 0 Å². The maximum absolute atomic E-state index is 5.50. The molecule has 0 amide bonds. The van der Waals surface area contributed by atoms with Gasteiger partial charge in [-0.25, -0.2) is 9.97 Å². The summed E-state index contributed by atoms with van der Waals surface area (Å²) in [7, 11) is 0. The summed E-state index contributed by atoms with van der Waals surface area (Å²) in [4.78, 5) is 8.35. The zero-order chi connectivity index (χ0) is 14.1. The first-order chi connectivity index (χ1) is 9.15. The van der Waals surface area contributed by atoms with Gasteiger partial charge in [-0.05, 0) is 40.5 Å². The number of aromatic nitrogens is 2. The van der Waals surface area contributed by atoms with Crippen LogP contribution in [0.1, 0.15) is 39.2 Å². The molecule has 0 saturated heterocycles. The third kappa shape index (κ3) is 5.87. The van der Waals surface area contributed by atoms with Gasteiger partial charge in [0, 0.05) is 13.2 Å². The quantitative estimate of drug-likeness (QED) is 0.697. The Hall–Kier alpha value is -1.36. The molecule has 1 N–H and O–H groups in total. The molecule has 1 rings (SSSR count). The summed E-state index contributed by atoms with van der Waals surface area (Å²) < 4.78 is 10.9. The number of unbranched alkanes of at least 4 members (excludes halogenated alkanes) is 1. The molecule has 0 bridgehead atoms. The number of anilines is 1. The zero-order valence-corrected chi connectivity index (χ0v) is 12.4. The van der Waals surface area contributed by atoms with Gasteiger partial charge in [0.2, 0.25) is 5.88 Å². The van der Waals surface area contributed by atoms with Gasteiger partial charge in [-0.1, -0.05) is 0 Å². The summed E-state index contributed by atoms with van der Waals surface area (Å²) >= 11 is 0. The Morgan fingerprint density at radius 3 is 2.74 bits per heavy atom. The van der Waals surface area contributed by atoms with Crippen LogP contribution < -0.4 is 10.1 Å². The Balaban J connectivity index is 2.31. The van der Waals surface area contributed by atoms with E-state index in [0.29, 0.717) is 18.6 Å². The lowest BCUT2D eigenvalue weighted by Gasteiger charge is -2.11. The molecule has 19 heavy (non-hydrogen) atoms. The second-order valence-corrected chi connectivity index (χ2v) is 4.64. The van der Waals surface area contributed by atoms with Gasteiger partial charge < -0.3 is 14.8 Å². The highest BCUT2D eigenvalue weighted by Crippen LogP contribution is 2.20. The van der Waals surface area contributed by atoms with E-state index in [1.54, 1.807) is 0 Å². The molecular formula is C14H25N3O2. The van der Waals surface area contributed by atoms with E-state index < -0.39 is 0 Å². The molecular weight excluding hydrogens is 242 g/mol. The average Bonchev–Trinajstić information content (AvgIpc) is 2.37. The Morgan fingerprint density at radius 2 is 2.05 bits per heavy atom. The maximum Gasteiger partial charge on any atom is 0.221 e. The molecule has 108 valence electrons. The van der Waals surface area contributed by atoms with Crippen LogP contribution in [-0.4, -0.2) is 35.8 Å². The lowest BCUT2D eigenvalue weighted by Crippen LogP contribution is -2.09. The second-order valence-electron chi connectivity index (χ2n) is 4.64. The number of ether oxygens (including phenoxy) is 2.